The normalized spacial score (nSPS) is 19.1. The van der Waals surface area contributed by atoms with Crippen molar-refractivity contribution in [3.05, 3.63) is 35.4 Å². The first-order chi connectivity index (χ1) is 9.05. The molecule has 1 saturated carbocycles. The number of amides is 1. The molecule has 0 radical (unpaired) electrons. The van der Waals surface area contributed by atoms with Gasteiger partial charge < -0.3 is 11.1 Å². The lowest BCUT2D eigenvalue weighted by molar-refractivity contribution is -0.127. The number of benzene rings is 1. The van der Waals surface area contributed by atoms with Gasteiger partial charge in [-0.2, -0.15) is 0 Å². The van der Waals surface area contributed by atoms with Crippen LogP contribution >= 0.6 is 0 Å². The molecular weight excluding hydrogens is 236 g/mol. The van der Waals surface area contributed by atoms with Crippen LogP contribution in [-0.4, -0.2) is 11.4 Å². The van der Waals surface area contributed by atoms with Crippen LogP contribution in [0.4, 0.5) is 0 Å². The van der Waals surface area contributed by atoms with Crippen LogP contribution in [0.15, 0.2) is 24.3 Å². The maximum atomic E-state index is 12.3. The van der Waals surface area contributed by atoms with Crippen molar-refractivity contribution >= 4 is 5.91 Å². The average molecular weight is 260 g/mol. The van der Waals surface area contributed by atoms with E-state index in [1.54, 1.807) is 0 Å². The van der Waals surface area contributed by atoms with E-state index in [0.717, 1.165) is 37.7 Å². The van der Waals surface area contributed by atoms with Crippen molar-refractivity contribution in [2.45, 2.75) is 57.5 Å². The number of hydrogen-bond acceptors (Lipinski definition) is 2. The van der Waals surface area contributed by atoms with Crippen molar-refractivity contribution in [1.82, 2.24) is 5.32 Å². The SMILES string of the molecule is CCC(NC(=O)C1(N)CCCC1)c1ccc(C)cc1. The number of hydrogen-bond donors (Lipinski definition) is 2. The molecule has 19 heavy (non-hydrogen) atoms. The standard InChI is InChI=1S/C16H24N2O/c1-3-14(13-8-6-12(2)7-9-13)18-15(19)16(17)10-4-5-11-16/h6-9,14H,3-5,10-11,17H2,1-2H3,(H,18,19). The van der Waals surface area contributed by atoms with Gasteiger partial charge in [0.2, 0.25) is 5.91 Å². The molecule has 3 nitrogen and oxygen atoms in total. The highest BCUT2D eigenvalue weighted by Gasteiger charge is 2.37. The van der Waals surface area contributed by atoms with Gasteiger partial charge in [0, 0.05) is 0 Å². The van der Waals surface area contributed by atoms with Gasteiger partial charge in [-0.15, -0.1) is 0 Å². The molecule has 0 heterocycles. The smallest absolute Gasteiger partial charge is 0.240 e. The summed E-state index contributed by atoms with van der Waals surface area (Å²) in [5, 5.41) is 3.12. The highest BCUT2D eigenvalue weighted by Crippen LogP contribution is 2.28. The molecule has 1 aromatic carbocycles. The fraction of sp³-hybridized carbons (Fsp3) is 0.562. The molecule has 1 unspecified atom stereocenters. The van der Waals surface area contributed by atoms with Gasteiger partial charge in [-0.1, -0.05) is 49.6 Å². The first-order valence-corrected chi connectivity index (χ1v) is 7.21. The van der Waals surface area contributed by atoms with Crippen LogP contribution in [0.25, 0.3) is 0 Å². The molecule has 0 aliphatic heterocycles. The summed E-state index contributed by atoms with van der Waals surface area (Å²) in [7, 11) is 0. The summed E-state index contributed by atoms with van der Waals surface area (Å²) in [4.78, 5) is 12.3. The van der Waals surface area contributed by atoms with Gasteiger partial charge in [0.15, 0.2) is 0 Å². The lowest BCUT2D eigenvalue weighted by atomic mass is 9.96. The predicted molar refractivity (Wildman–Crippen MR) is 77.7 cm³/mol. The second-order valence-corrected chi connectivity index (χ2v) is 5.71. The lowest BCUT2D eigenvalue weighted by Gasteiger charge is -2.26. The Kier molecular flexibility index (Phi) is 4.25. The minimum absolute atomic E-state index is 0.0115. The number of nitrogens with one attached hydrogen (secondary N) is 1. The summed E-state index contributed by atoms with van der Waals surface area (Å²) in [6.07, 6.45) is 4.62. The highest BCUT2D eigenvalue weighted by molar-refractivity contribution is 5.86. The number of aryl methyl sites for hydroxylation is 1. The quantitative estimate of drug-likeness (QED) is 0.874. The van der Waals surface area contributed by atoms with Crippen molar-refractivity contribution in [1.29, 1.82) is 0 Å². The van der Waals surface area contributed by atoms with Crippen LogP contribution in [0, 0.1) is 6.92 Å². The summed E-state index contributed by atoms with van der Waals surface area (Å²) in [5.74, 6) is 0.0115. The summed E-state index contributed by atoms with van der Waals surface area (Å²) >= 11 is 0. The Balaban J connectivity index is 2.06. The van der Waals surface area contributed by atoms with E-state index in [4.69, 9.17) is 5.73 Å². The van der Waals surface area contributed by atoms with Gasteiger partial charge in [-0.25, -0.2) is 0 Å². The van der Waals surface area contributed by atoms with Crippen LogP contribution in [-0.2, 0) is 4.79 Å². The molecule has 3 N–H and O–H groups in total. The Hall–Kier alpha value is -1.35. The number of nitrogens with two attached hydrogens (primary N) is 1. The molecule has 3 heteroatoms. The van der Waals surface area contributed by atoms with E-state index in [1.165, 1.54) is 5.56 Å². The fourth-order valence-electron chi connectivity index (χ4n) is 2.75. The van der Waals surface area contributed by atoms with E-state index in [-0.39, 0.29) is 11.9 Å². The van der Waals surface area contributed by atoms with Crippen molar-refractivity contribution in [3.8, 4) is 0 Å². The summed E-state index contributed by atoms with van der Waals surface area (Å²) < 4.78 is 0. The molecule has 1 atom stereocenters. The predicted octanol–water partition coefficient (Wildman–Crippen LogP) is 2.83. The molecule has 1 amide bonds. The van der Waals surface area contributed by atoms with Gasteiger partial charge >= 0.3 is 0 Å². The van der Waals surface area contributed by atoms with Crippen molar-refractivity contribution in [2.24, 2.45) is 5.73 Å². The monoisotopic (exact) mass is 260 g/mol. The van der Waals surface area contributed by atoms with E-state index in [9.17, 15) is 4.79 Å². The van der Waals surface area contributed by atoms with Crippen molar-refractivity contribution < 1.29 is 4.79 Å². The van der Waals surface area contributed by atoms with Crippen LogP contribution < -0.4 is 11.1 Å². The molecule has 2 rings (SSSR count). The Morgan fingerprint density at radius 1 is 1.32 bits per heavy atom. The van der Waals surface area contributed by atoms with Gasteiger partial charge in [-0.05, 0) is 31.7 Å². The molecule has 0 spiro atoms. The molecular formula is C16H24N2O. The van der Waals surface area contributed by atoms with Crippen LogP contribution in [0.1, 0.15) is 56.2 Å². The molecule has 1 aliphatic rings. The molecule has 0 saturated heterocycles. The van der Waals surface area contributed by atoms with Crippen LogP contribution in [0.5, 0.6) is 0 Å². The topological polar surface area (TPSA) is 55.1 Å². The molecule has 0 aromatic heterocycles. The molecule has 0 bridgehead atoms. The first kappa shape index (κ1) is 14.1. The number of rotatable bonds is 4. The molecule has 1 fully saturated rings. The second-order valence-electron chi connectivity index (χ2n) is 5.71. The number of carbonyl (C=O) groups excluding carboxylic acids is 1. The summed E-state index contributed by atoms with van der Waals surface area (Å²) in [5.41, 5.74) is 7.94. The van der Waals surface area contributed by atoms with Gasteiger partial charge in [0.05, 0.1) is 11.6 Å². The Bertz CT molecular complexity index is 433. The zero-order chi connectivity index (χ0) is 13.9. The van der Waals surface area contributed by atoms with Crippen LogP contribution in [0.3, 0.4) is 0 Å². The minimum atomic E-state index is -0.641. The third-order valence-electron chi connectivity index (χ3n) is 4.14. The van der Waals surface area contributed by atoms with Gasteiger partial charge in [-0.3, -0.25) is 4.79 Å². The zero-order valence-electron chi connectivity index (χ0n) is 11.9. The van der Waals surface area contributed by atoms with E-state index in [2.05, 4.69) is 43.4 Å². The maximum Gasteiger partial charge on any atom is 0.240 e. The average Bonchev–Trinajstić information content (AvgIpc) is 2.85. The van der Waals surface area contributed by atoms with E-state index in [0.29, 0.717) is 0 Å². The first-order valence-electron chi connectivity index (χ1n) is 7.21. The van der Waals surface area contributed by atoms with Crippen LogP contribution in [0.2, 0.25) is 0 Å². The second kappa shape index (κ2) is 5.74. The zero-order valence-corrected chi connectivity index (χ0v) is 11.9. The molecule has 1 aromatic rings. The van der Waals surface area contributed by atoms with Gasteiger partial charge in [0.25, 0.3) is 0 Å². The Morgan fingerprint density at radius 2 is 1.89 bits per heavy atom. The highest BCUT2D eigenvalue weighted by atomic mass is 16.2. The largest absolute Gasteiger partial charge is 0.348 e. The lowest BCUT2D eigenvalue weighted by Crippen LogP contribution is -2.52. The maximum absolute atomic E-state index is 12.3. The Morgan fingerprint density at radius 3 is 2.42 bits per heavy atom. The van der Waals surface area contributed by atoms with E-state index < -0.39 is 5.54 Å². The Labute approximate surface area is 115 Å². The molecule has 104 valence electrons. The van der Waals surface area contributed by atoms with Crippen molar-refractivity contribution in [2.75, 3.05) is 0 Å². The molecule has 1 aliphatic carbocycles. The van der Waals surface area contributed by atoms with Gasteiger partial charge in [0.1, 0.15) is 0 Å². The fourth-order valence-corrected chi connectivity index (χ4v) is 2.75. The van der Waals surface area contributed by atoms with E-state index in [1.807, 2.05) is 0 Å². The van der Waals surface area contributed by atoms with E-state index >= 15 is 0 Å². The number of carbonyl (C=O) groups is 1. The summed E-state index contributed by atoms with van der Waals surface area (Å²) in [6, 6.07) is 8.40. The third kappa shape index (κ3) is 3.16. The van der Waals surface area contributed by atoms with Crippen molar-refractivity contribution in [3.63, 3.8) is 0 Å². The minimum Gasteiger partial charge on any atom is -0.348 e. The third-order valence-corrected chi connectivity index (χ3v) is 4.14. The summed E-state index contributed by atoms with van der Waals surface area (Å²) in [6.45, 7) is 4.15.